The van der Waals surface area contributed by atoms with E-state index in [1.807, 2.05) is 11.3 Å². The number of thiazole rings is 1. The summed E-state index contributed by atoms with van der Waals surface area (Å²) >= 11 is 1.82. The van der Waals surface area contributed by atoms with E-state index in [9.17, 15) is 0 Å². The highest BCUT2D eigenvalue weighted by Gasteiger charge is 2.38. The lowest BCUT2D eigenvalue weighted by atomic mass is 10.2. The number of unbranched alkanes of at least 4 members (excludes halogenated alkanes) is 3. The van der Waals surface area contributed by atoms with Crippen LogP contribution in [0.15, 0.2) is 5.38 Å². The van der Waals surface area contributed by atoms with Crippen molar-refractivity contribution in [1.29, 1.82) is 0 Å². The fourth-order valence-electron chi connectivity index (χ4n) is 3.34. The lowest BCUT2D eigenvalue weighted by Gasteiger charge is -2.35. The first-order valence-electron chi connectivity index (χ1n) is 11.5. The number of hydrogen-bond donors (Lipinski definition) is 0. The van der Waals surface area contributed by atoms with Gasteiger partial charge in [0.25, 0.3) is 0 Å². The van der Waals surface area contributed by atoms with Crippen LogP contribution in [0.25, 0.3) is 0 Å². The van der Waals surface area contributed by atoms with Crippen LogP contribution in [0.2, 0.25) is 18.1 Å². The number of nitrogens with zero attached hydrogens (tertiary/aromatic N) is 1. The topological polar surface area (TPSA) is 22.1 Å². The van der Waals surface area contributed by atoms with Crippen LogP contribution in [0.4, 0.5) is 0 Å². The minimum Gasteiger partial charge on any atom is -0.410 e. The van der Waals surface area contributed by atoms with Gasteiger partial charge in [-0.3, -0.25) is 0 Å². The maximum Gasteiger partial charge on any atom is 0.192 e. The molecule has 1 aromatic rings. The molecule has 0 N–H and O–H groups in total. The van der Waals surface area contributed by atoms with E-state index in [4.69, 9.17) is 9.41 Å². The second-order valence-electron chi connectivity index (χ2n) is 10.0. The second-order valence-corrected chi connectivity index (χ2v) is 20.1. The van der Waals surface area contributed by atoms with E-state index in [1.54, 1.807) is 0 Å². The molecule has 5 heteroatoms. The molecule has 0 aliphatic heterocycles. The zero-order chi connectivity index (χ0) is 21.3. The van der Waals surface area contributed by atoms with Gasteiger partial charge in [-0.05, 0) is 37.4 Å². The Morgan fingerprint density at radius 2 is 1.46 bits per heavy atom. The predicted octanol–water partition coefficient (Wildman–Crippen LogP) is 8.58. The summed E-state index contributed by atoms with van der Waals surface area (Å²) in [7, 11) is -2.62. The molecular weight excluding hydrogens is 397 g/mol. The van der Waals surface area contributed by atoms with E-state index in [0.717, 1.165) is 0 Å². The van der Waals surface area contributed by atoms with Gasteiger partial charge in [-0.15, -0.1) is 11.3 Å². The lowest BCUT2D eigenvalue weighted by molar-refractivity contribution is 0.275. The Morgan fingerprint density at radius 1 is 0.964 bits per heavy atom. The molecule has 0 aromatic carbocycles. The predicted molar refractivity (Wildman–Crippen MR) is 134 cm³/mol. The van der Waals surface area contributed by atoms with Crippen molar-refractivity contribution in [2.45, 2.75) is 111 Å². The van der Waals surface area contributed by atoms with Crippen LogP contribution < -0.4 is 0 Å². The standard InChI is InChI=1S/C23H47NOPSSi/c1-9-12-15-26(16-13-10-2,17-14-11-3)19-21-20-27-22(24-21)18-25-28(7,8)23(4,5)6/h20H,9-19H2,1-8H3/q+1. The summed E-state index contributed by atoms with van der Waals surface area (Å²) in [6.07, 6.45) is 13.8. The molecule has 0 aliphatic carbocycles. The quantitative estimate of drug-likeness (QED) is 0.212. The Labute approximate surface area is 181 Å². The van der Waals surface area contributed by atoms with E-state index in [2.05, 4.69) is 60.0 Å². The summed E-state index contributed by atoms with van der Waals surface area (Å²) in [5.41, 5.74) is 1.36. The molecule has 0 atom stereocenters. The van der Waals surface area contributed by atoms with E-state index in [0.29, 0.717) is 6.61 Å². The number of aromatic nitrogens is 1. The van der Waals surface area contributed by atoms with Crippen LogP contribution in [-0.4, -0.2) is 31.8 Å². The summed E-state index contributed by atoms with van der Waals surface area (Å²) in [4.78, 5) is 5.05. The van der Waals surface area contributed by atoms with Crippen LogP contribution in [0, 0.1) is 0 Å². The molecule has 1 rings (SSSR count). The second kappa shape index (κ2) is 12.2. The molecule has 0 saturated heterocycles. The fourth-order valence-corrected chi connectivity index (χ4v) is 10.2. The van der Waals surface area contributed by atoms with Crippen molar-refractivity contribution in [3.05, 3.63) is 16.1 Å². The summed E-state index contributed by atoms with van der Waals surface area (Å²) in [5.74, 6) is 0. The summed E-state index contributed by atoms with van der Waals surface area (Å²) in [6.45, 7) is 19.3. The van der Waals surface area contributed by atoms with Gasteiger partial charge in [-0.25, -0.2) is 4.98 Å². The van der Waals surface area contributed by atoms with Crippen molar-refractivity contribution in [2.75, 3.05) is 18.5 Å². The molecule has 164 valence electrons. The van der Waals surface area contributed by atoms with Crippen molar-refractivity contribution >= 4 is 26.9 Å². The fraction of sp³-hybridized carbons (Fsp3) is 0.870. The molecule has 0 spiro atoms. The maximum atomic E-state index is 6.41. The molecule has 0 aliphatic rings. The first kappa shape index (κ1) is 26.3. The molecule has 0 unspecified atom stereocenters. The lowest BCUT2D eigenvalue weighted by Crippen LogP contribution is -2.40. The SMILES string of the molecule is CCCC[P+](CCCC)(CCCC)Cc1csc(CO[Si](C)(C)C(C)(C)C)n1. The number of rotatable bonds is 14. The highest BCUT2D eigenvalue weighted by atomic mass is 32.1. The van der Waals surface area contributed by atoms with E-state index < -0.39 is 15.6 Å². The maximum absolute atomic E-state index is 6.41. The first-order chi connectivity index (χ1) is 13.1. The largest absolute Gasteiger partial charge is 0.410 e. The molecular formula is C23H47NOPSSi+. The third-order valence-corrected chi connectivity index (χ3v) is 16.6. The molecule has 2 nitrogen and oxygen atoms in total. The van der Waals surface area contributed by atoms with Crippen molar-refractivity contribution in [3.63, 3.8) is 0 Å². The highest BCUT2D eigenvalue weighted by Crippen LogP contribution is 2.63. The highest BCUT2D eigenvalue weighted by molar-refractivity contribution is 7.75. The van der Waals surface area contributed by atoms with E-state index in [1.165, 1.54) is 73.9 Å². The molecule has 0 saturated carbocycles. The molecule has 1 aromatic heterocycles. The van der Waals surface area contributed by atoms with Crippen LogP contribution in [0.1, 0.15) is 90.8 Å². The van der Waals surface area contributed by atoms with Gasteiger partial charge in [0.1, 0.15) is 11.2 Å². The molecule has 0 amide bonds. The third-order valence-electron chi connectivity index (χ3n) is 6.42. The van der Waals surface area contributed by atoms with Gasteiger partial charge < -0.3 is 4.43 Å². The smallest absolute Gasteiger partial charge is 0.192 e. The normalized spacial score (nSPS) is 13.3. The Kier molecular flexibility index (Phi) is 11.4. The average Bonchev–Trinajstić information content (AvgIpc) is 3.07. The molecule has 0 radical (unpaired) electrons. The van der Waals surface area contributed by atoms with Crippen molar-refractivity contribution in [2.24, 2.45) is 0 Å². The van der Waals surface area contributed by atoms with Gasteiger partial charge in [0.2, 0.25) is 0 Å². The van der Waals surface area contributed by atoms with Crippen LogP contribution in [0.3, 0.4) is 0 Å². The van der Waals surface area contributed by atoms with Crippen LogP contribution in [-0.2, 0) is 17.2 Å². The van der Waals surface area contributed by atoms with Crippen molar-refractivity contribution < 1.29 is 4.43 Å². The van der Waals surface area contributed by atoms with Crippen molar-refractivity contribution in [3.8, 4) is 0 Å². The molecule has 1 heterocycles. The monoisotopic (exact) mass is 444 g/mol. The van der Waals surface area contributed by atoms with Crippen LogP contribution in [0.5, 0.6) is 0 Å². The minimum atomic E-state index is -1.70. The Bertz CT molecular complexity index is 531. The Hall–Kier alpha value is 0.237. The Morgan fingerprint density at radius 3 is 1.89 bits per heavy atom. The van der Waals surface area contributed by atoms with Crippen molar-refractivity contribution in [1.82, 2.24) is 4.98 Å². The van der Waals surface area contributed by atoms with Gasteiger partial charge in [0.15, 0.2) is 8.32 Å². The third kappa shape index (κ3) is 8.54. The summed E-state index contributed by atoms with van der Waals surface area (Å²) in [5, 5.41) is 3.77. The van der Waals surface area contributed by atoms with Gasteiger partial charge in [-0.2, -0.15) is 0 Å². The zero-order valence-electron chi connectivity index (χ0n) is 20.1. The first-order valence-corrected chi connectivity index (χ1v) is 17.8. The average molecular weight is 445 g/mol. The molecule has 0 fully saturated rings. The van der Waals surface area contributed by atoms with Gasteiger partial charge >= 0.3 is 0 Å². The van der Waals surface area contributed by atoms with E-state index >= 15 is 0 Å². The van der Waals surface area contributed by atoms with E-state index in [-0.39, 0.29) is 5.04 Å². The molecule has 28 heavy (non-hydrogen) atoms. The van der Waals surface area contributed by atoms with Gasteiger partial charge in [-0.1, -0.05) is 60.8 Å². The van der Waals surface area contributed by atoms with Gasteiger partial charge in [0, 0.05) is 12.6 Å². The zero-order valence-corrected chi connectivity index (χ0v) is 22.8. The molecule has 0 bridgehead atoms. The minimum absolute atomic E-state index is 0.258. The Balaban J connectivity index is 2.85. The summed E-state index contributed by atoms with van der Waals surface area (Å²) < 4.78 is 6.41. The summed E-state index contributed by atoms with van der Waals surface area (Å²) in [6, 6.07) is 0. The van der Waals surface area contributed by atoms with Gasteiger partial charge in [0.05, 0.1) is 30.8 Å². The van der Waals surface area contributed by atoms with Crippen LogP contribution >= 0.6 is 18.6 Å². The number of hydrogen-bond acceptors (Lipinski definition) is 3.